The third-order valence-electron chi connectivity index (χ3n) is 4.08. The van der Waals surface area contributed by atoms with Crippen LogP contribution in [0.1, 0.15) is 16.7 Å². The summed E-state index contributed by atoms with van der Waals surface area (Å²) in [7, 11) is -2.21. The predicted octanol–water partition coefficient (Wildman–Crippen LogP) is 1.68. The van der Waals surface area contributed by atoms with Gasteiger partial charge in [-0.3, -0.25) is 0 Å². The van der Waals surface area contributed by atoms with Crippen LogP contribution >= 0.6 is 0 Å². The molecule has 1 aromatic rings. The quantitative estimate of drug-likeness (QED) is 0.829. The fourth-order valence-electron chi connectivity index (χ4n) is 2.59. The number of aryl methyl sites for hydroxylation is 3. The van der Waals surface area contributed by atoms with Crippen molar-refractivity contribution >= 4 is 16.1 Å². The van der Waals surface area contributed by atoms with Crippen molar-refractivity contribution in [1.82, 2.24) is 9.21 Å². The van der Waals surface area contributed by atoms with Crippen LogP contribution in [0.2, 0.25) is 0 Å². The number of sulfonamides is 1. The van der Waals surface area contributed by atoms with Crippen molar-refractivity contribution in [2.45, 2.75) is 25.7 Å². The van der Waals surface area contributed by atoms with Gasteiger partial charge in [-0.1, -0.05) is 6.07 Å². The number of carbonyl (C=O) groups excluding carboxylic acids is 1. The van der Waals surface area contributed by atoms with Gasteiger partial charge in [-0.2, -0.15) is 4.31 Å². The lowest BCUT2D eigenvalue weighted by Crippen LogP contribution is -2.50. The molecule has 22 heavy (non-hydrogen) atoms. The van der Waals surface area contributed by atoms with Crippen molar-refractivity contribution in [2.24, 2.45) is 0 Å². The van der Waals surface area contributed by atoms with Crippen LogP contribution < -0.4 is 0 Å². The first-order chi connectivity index (χ1) is 10.3. The minimum Gasteiger partial charge on any atom is -0.453 e. The molecule has 0 aliphatic carbocycles. The number of carbonyl (C=O) groups is 1. The second kappa shape index (κ2) is 6.26. The summed E-state index contributed by atoms with van der Waals surface area (Å²) >= 11 is 0. The van der Waals surface area contributed by atoms with Crippen molar-refractivity contribution < 1.29 is 17.9 Å². The van der Waals surface area contributed by atoms with E-state index in [1.807, 2.05) is 26.8 Å². The first-order valence-electron chi connectivity index (χ1n) is 7.18. The molecule has 6 nitrogen and oxygen atoms in total. The van der Waals surface area contributed by atoms with E-state index in [4.69, 9.17) is 0 Å². The van der Waals surface area contributed by atoms with Crippen LogP contribution in [0.4, 0.5) is 4.79 Å². The van der Waals surface area contributed by atoms with E-state index in [1.54, 1.807) is 6.07 Å². The Morgan fingerprint density at radius 1 is 1.00 bits per heavy atom. The average Bonchev–Trinajstić information content (AvgIpc) is 2.50. The van der Waals surface area contributed by atoms with Crippen LogP contribution in [0.3, 0.4) is 0 Å². The van der Waals surface area contributed by atoms with E-state index in [0.29, 0.717) is 18.0 Å². The molecule has 1 aliphatic heterocycles. The molecule has 2 rings (SSSR count). The minimum absolute atomic E-state index is 0.282. The van der Waals surface area contributed by atoms with E-state index in [1.165, 1.54) is 16.3 Å². The van der Waals surface area contributed by atoms with Gasteiger partial charge in [-0.05, 0) is 43.5 Å². The first-order valence-corrected chi connectivity index (χ1v) is 8.62. The Morgan fingerprint density at radius 3 is 2.09 bits per heavy atom. The molecule has 1 saturated heterocycles. The van der Waals surface area contributed by atoms with E-state index in [9.17, 15) is 13.2 Å². The lowest BCUT2D eigenvalue weighted by molar-refractivity contribution is 0.108. The predicted molar refractivity (Wildman–Crippen MR) is 83.4 cm³/mol. The Balaban J connectivity index is 2.22. The van der Waals surface area contributed by atoms with Gasteiger partial charge in [0.15, 0.2) is 0 Å². The van der Waals surface area contributed by atoms with Crippen LogP contribution in [-0.2, 0) is 14.8 Å². The van der Waals surface area contributed by atoms with Gasteiger partial charge in [0.2, 0.25) is 10.0 Å². The molecule has 0 bridgehead atoms. The zero-order valence-electron chi connectivity index (χ0n) is 13.4. The number of nitrogens with zero attached hydrogens (tertiary/aromatic N) is 2. The summed E-state index contributed by atoms with van der Waals surface area (Å²) in [5.41, 5.74) is 2.78. The number of piperazine rings is 1. The highest BCUT2D eigenvalue weighted by Gasteiger charge is 2.31. The van der Waals surface area contributed by atoms with Gasteiger partial charge in [0.05, 0.1) is 12.0 Å². The summed E-state index contributed by atoms with van der Waals surface area (Å²) in [6.45, 7) is 6.93. The van der Waals surface area contributed by atoms with Crippen molar-refractivity contribution in [3.05, 3.63) is 28.8 Å². The van der Waals surface area contributed by atoms with E-state index < -0.39 is 16.1 Å². The number of hydrogen-bond acceptors (Lipinski definition) is 4. The van der Waals surface area contributed by atoms with E-state index in [2.05, 4.69) is 4.74 Å². The number of hydrogen-bond donors (Lipinski definition) is 0. The van der Waals surface area contributed by atoms with Gasteiger partial charge in [0.1, 0.15) is 0 Å². The molecule has 1 heterocycles. The fraction of sp³-hybridized carbons (Fsp3) is 0.533. The number of rotatable bonds is 2. The van der Waals surface area contributed by atoms with Gasteiger partial charge in [-0.25, -0.2) is 13.2 Å². The molecular weight excluding hydrogens is 304 g/mol. The van der Waals surface area contributed by atoms with E-state index in [-0.39, 0.29) is 13.1 Å². The second-order valence-corrected chi connectivity index (χ2v) is 7.47. The summed E-state index contributed by atoms with van der Waals surface area (Å²) in [6.07, 6.45) is -0.417. The largest absolute Gasteiger partial charge is 0.453 e. The summed E-state index contributed by atoms with van der Waals surface area (Å²) in [5.74, 6) is 0. The fourth-order valence-corrected chi connectivity index (χ4v) is 4.30. The molecule has 0 saturated carbocycles. The van der Waals surface area contributed by atoms with Gasteiger partial charge >= 0.3 is 6.09 Å². The van der Waals surface area contributed by atoms with Crippen LogP contribution in [-0.4, -0.2) is 57.0 Å². The molecule has 0 aromatic heterocycles. The first kappa shape index (κ1) is 16.8. The third kappa shape index (κ3) is 3.10. The molecule has 0 atom stereocenters. The standard InChI is InChI=1S/C15H22N2O4S/c1-11-9-13(3)14(10-12(11)2)22(19,20)17-7-5-16(6-8-17)15(18)21-4/h9-10H,5-8H2,1-4H3. The van der Waals surface area contributed by atoms with Crippen LogP contribution in [0.25, 0.3) is 0 Å². The molecular formula is C15H22N2O4S. The van der Waals surface area contributed by atoms with E-state index in [0.717, 1.165) is 16.7 Å². The van der Waals surface area contributed by atoms with Gasteiger partial charge in [0.25, 0.3) is 0 Å². The molecule has 122 valence electrons. The number of benzene rings is 1. The summed E-state index contributed by atoms with van der Waals surface area (Å²) in [6, 6.07) is 3.62. The van der Waals surface area contributed by atoms with Crippen molar-refractivity contribution in [3.8, 4) is 0 Å². The maximum Gasteiger partial charge on any atom is 0.409 e. The average molecular weight is 326 g/mol. The Hall–Kier alpha value is -1.60. The van der Waals surface area contributed by atoms with Crippen LogP contribution in [0.15, 0.2) is 17.0 Å². The minimum atomic E-state index is -3.53. The third-order valence-corrected chi connectivity index (χ3v) is 6.12. The maximum absolute atomic E-state index is 12.8. The molecule has 7 heteroatoms. The molecule has 0 spiro atoms. The lowest BCUT2D eigenvalue weighted by Gasteiger charge is -2.33. The Labute approximate surface area is 131 Å². The molecule has 1 amide bonds. The van der Waals surface area contributed by atoms with Gasteiger partial charge < -0.3 is 9.64 Å². The molecule has 0 unspecified atom stereocenters. The highest BCUT2D eigenvalue weighted by molar-refractivity contribution is 7.89. The van der Waals surface area contributed by atoms with Crippen molar-refractivity contribution in [2.75, 3.05) is 33.3 Å². The normalized spacial score (nSPS) is 16.6. The van der Waals surface area contributed by atoms with Crippen LogP contribution in [0.5, 0.6) is 0 Å². The zero-order valence-corrected chi connectivity index (χ0v) is 14.2. The van der Waals surface area contributed by atoms with Crippen LogP contribution in [0, 0.1) is 20.8 Å². The maximum atomic E-state index is 12.8. The number of methoxy groups -OCH3 is 1. The lowest BCUT2D eigenvalue weighted by atomic mass is 10.1. The molecule has 1 aromatic carbocycles. The SMILES string of the molecule is COC(=O)N1CCN(S(=O)(=O)c2cc(C)c(C)cc2C)CC1. The summed E-state index contributed by atoms with van der Waals surface area (Å²) in [5, 5.41) is 0. The van der Waals surface area contributed by atoms with Gasteiger partial charge in [-0.15, -0.1) is 0 Å². The second-order valence-electron chi connectivity index (χ2n) is 5.56. The molecule has 0 N–H and O–H groups in total. The van der Waals surface area contributed by atoms with Crippen molar-refractivity contribution in [1.29, 1.82) is 0 Å². The molecule has 0 radical (unpaired) electrons. The summed E-state index contributed by atoms with van der Waals surface area (Å²) < 4.78 is 31.7. The smallest absolute Gasteiger partial charge is 0.409 e. The highest BCUT2D eigenvalue weighted by atomic mass is 32.2. The molecule has 1 fully saturated rings. The Kier molecular flexibility index (Phi) is 4.77. The molecule has 1 aliphatic rings. The topological polar surface area (TPSA) is 66.9 Å². The van der Waals surface area contributed by atoms with E-state index >= 15 is 0 Å². The monoisotopic (exact) mass is 326 g/mol. The Bertz CT molecular complexity index is 677. The van der Waals surface area contributed by atoms with Gasteiger partial charge in [0, 0.05) is 26.2 Å². The summed E-state index contributed by atoms with van der Waals surface area (Å²) in [4.78, 5) is 13.3. The Morgan fingerprint density at radius 2 is 1.55 bits per heavy atom. The van der Waals surface area contributed by atoms with Crippen molar-refractivity contribution in [3.63, 3.8) is 0 Å². The zero-order chi connectivity index (χ0) is 16.5. The number of amides is 1. The number of ether oxygens (including phenoxy) is 1. The highest BCUT2D eigenvalue weighted by Crippen LogP contribution is 2.24.